The molecule has 0 aliphatic rings. The van der Waals surface area contributed by atoms with E-state index in [0.29, 0.717) is 21.8 Å². The highest BCUT2D eigenvalue weighted by Crippen LogP contribution is 2.33. The summed E-state index contributed by atoms with van der Waals surface area (Å²) >= 11 is 9.35. The highest BCUT2D eigenvalue weighted by Gasteiger charge is 2.19. The fraction of sp³-hybridized carbons (Fsp3) is 0.227. The van der Waals surface area contributed by atoms with Crippen LogP contribution in [-0.4, -0.2) is 41.0 Å². The van der Waals surface area contributed by atoms with Gasteiger partial charge in [0.25, 0.3) is 5.56 Å². The average Bonchev–Trinajstić information content (AvgIpc) is 3.41. The lowest BCUT2D eigenvalue weighted by Crippen LogP contribution is -2.38. The van der Waals surface area contributed by atoms with Gasteiger partial charge < -0.3 is 10.2 Å². The van der Waals surface area contributed by atoms with Crippen LogP contribution in [0, 0.1) is 0 Å². The number of hydrogen-bond acceptors (Lipinski definition) is 6. The van der Waals surface area contributed by atoms with Crippen LogP contribution in [-0.2, 0) is 11.3 Å². The smallest absolute Gasteiger partial charge is 0.263 e. The van der Waals surface area contributed by atoms with Gasteiger partial charge in [0, 0.05) is 27.4 Å². The van der Waals surface area contributed by atoms with Gasteiger partial charge in [0.2, 0.25) is 5.91 Å². The van der Waals surface area contributed by atoms with E-state index < -0.39 is 0 Å². The van der Waals surface area contributed by atoms with Gasteiger partial charge in [-0.15, -0.1) is 22.7 Å². The number of fused-ring (bicyclic) bond motifs is 1. The Morgan fingerprint density at radius 1 is 1.23 bits per heavy atom. The molecule has 1 amide bonds. The first-order valence-electron chi connectivity index (χ1n) is 9.63. The van der Waals surface area contributed by atoms with Crippen molar-refractivity contribution in [2.45, 2.75) is 12.6 Å². The molecule has 0 saturated heterocycles. The molecule has 0 fully saturated rings. The third-order valence-electron chi connectivity index (χ3n) is 5.04. The lowest BCUT2D eigenvalue weighted by Gasteiger charge is -2.26. The fourth-order valence-corrected chi connectivity index (χ4v) is 5.41. The topological polar surface area (TPSA) is 67.2 Å². The van der Waals surface area contributed by atoms with Crippen LogP contribution < -0.4 is 10.9 Å². The van der Waals surface area contributed by atoms with Crippen LogP contribution in [0.2, 0.25) is 5.02 Å². The Morgan fingerprint density at radius 2 is 2.03 bits per heavy atom. The number of carbonyl (C=O) groups is 1. The predicted molar refractivity (Wildman–Crippen MR) is 128 cm³/mol. The minimum absolute atomic E-state index is 0.0858. The highest BCUT2D eigenvalue weighted by molar-refractivity contribution is 7.18. The van der Waals surface area contributed by atoms with E-state index in [1.165, 1.54) is 22.2 Å². The SMILES string of the molecule is CN(C)[C@H](CNC(=O)Cn1cnc2scc(-c3cccs3)c2c1=O)c1ccccc1Cl. The van der Waals surface area contributed by atoms with E-state index in [4.69, 9.17) is 11.6 Å². The molecule has 0 unspecified atom stereocenters. The minimum atomic E-state index is -0.255. The van der Waals surface area contributed by atoms with Crippen molar-refractivity contribution in [1.29, 1.82) is 0 Å². The number of hydrogen-bond donors (Lipinski definition) is 1. The molecular weight excluding hydrogens is 452 g/mol. The number of nitrogens with one attached hydrogen (secondary N) is 1. The average molecular weight is 473 g/mol. The van der Waals surface area contributed by atoms with Crippen molar-refractivity contribution >= 4 is 50.4 Å². The van der Waals surface area contributed by atoms with E-state index in [9.17, 15) is 9.59 Å². The van der Waals surface area contributed by atoms with E-state index in [2.05, 4.69) is 10.3 Å². The monoisotopic (exact) mass is 472 g/mol. The van der Waals surface area contributed by atoms with Gasteiger partial charge in [-0.1, -0.05) is 35.9 Å². The summed E-state index contributed by atoms with van der Waals surface area (Å²) in [6.45, 7) is 0.281. The van der Waals surface area contributed by atoms with E-state index >= 15 is 0 Å². The molecule has 0 spiro atoms. The van der Waals surface area contributed by atoms with E-state index in [1.807, 2.05) is 66.2 Å². The van der Waals surface area contributed by atoms with Crippen molar-refractivity contribution in [1.82, 2.24) is 19.8 Å². The van der Waals surface area contributed by atoms with Crippen molar-refractivity contribution in [2.75, 3.05) is 20.6 Å². The quantitative estimate of drug-likeness (QED) is 0.436. The summed E-state index contributed by atoms with van der Waals surface area (Å²) in [7, 11) is 3.87. The number of rotatable bonds is 7. The van der Waals surface area contributed by atoms with Crippen molar-refractivity contribution in [2.24, 2.45) is 0 Å². The molecule has 0 aliphatic heterocycles. The summed E-state index contributed by atoms with van der Waals surface area (Å²) in [5, 5.41) is 8.06. The Kier molecular flexibility index (Phi) is 6.52. The second-order valence-corrected chi connectivity index (χ2v) is 9.50. The summed E-state index contributed by atoms with van der Waals surface area (Å²) in [6, 6.07) is 11.4. The van der Waals surface area contributed by atoms with Gasteiger partial charge >= 0.3 is 0 Å². The molecule has 9 heteroatoms. The molecule has 6 nitrogen and oxygen atoms in total. The van der Waals surface area contributed by atoms with Gasteiger partial charge in [0.15, 0.2) is 0 Å². The molecule has 4 aromatic rings. The Hall–Kier alpha value is -2.52. The maximum atomic E-state index is 13.1. The van der Waals surface area contributed by atoms with Crippen LogP contribution in [0.3, 0.4) is 0 Å². The maximum Gasteiger partial charge on any atom is 0.263 e. The van der Waals surface area contributed by atoms with Gasteiger partial charge in [-0.25, -0.2) is 4.98 Å². The van der Waals surface area contributed by atoms with Crippen LogP contribution >= 0.6 is 34.3 Å². The van der Waals surface area contributed by atoms with Crippen molar-refractivity contribution < 1.29 is 4.79 Å². The van der Waals surface area contributed by atoms with Crippen LogP contribution in [0.25, 0.3) is 20.7 Å². The maximum absolute atomic E-state index is 13.1. The molecule has 0 aliphatic carbocycles. The molecule has 0 bridgehead atoms. The van der Waals surface area contributed by atoms with Crippen LogP contribution in [0.4, 0.5) is 0 Å². The molecule has 4 rings (SSSR count). The van der Waals surface area contributed by atoms with Gasteiger partial charge in [-0.05, 0) is 37.2 Å². The second-order valence-electron chi connectivity index (χ2n) is 7.29. The largest absolute Gasteiger partial charge is 0.353 e. The lowest BCUT2D eigenvalue weighted by atomic mass is 10.1. The van der Waals surface area contributed by atoms with Crippen LogP contribution in [0.15, 0.2) is 58.3 Å². The van der Waals surface area contributed by atoms with Gasteiger partial charge in [0.05, 0.1) is 17.8 Å². The summed E-state index contributed by atoms with van der Waals surface area (Å²) in [6.07, 6.45) is 1.44. The molecule has 31 heavy (non-hydrogen) atoms. The Morgan fingerprint density at radius 3 is 2.74 bits per heavy atom. The number of benzene rings is 1. The van der Waals surface area contributed by atoms with E-state index in [1.54, 1.807) is 11.3 Å². The molecule has 3 aromatic heterocycles. The molecule has 3 heterocycles. The fourth-order valence-electron chi connectivity index (χ4n) is 3.43. The molecule has 0 radical (unpaired) electrons. The Labute approximate surface area is 192 Å². The first-order valence-corrected chi connectivity index (χ1v) is 11.8. The van der Waals surface area contributed by atoms with Crippen LogP contribution in [0.1, 0.15) is 11.6 Å². The Bertz CT molecular complexity index is 1260. The molecule has 1 atom stereocenters. The van der Waals surface area contributed by atoms with Crippen molar-refractivity contribution in [3.8, 4) is 10.4 Å². The summed E-state index contributed by atoms with van der Waals surface area (Å²) in [4.78, 5) is 33.8. The van der Waals surface area contributed by atoms with Crippen LogP contribution in [0.5, 0.6) is 0 Å². The van der Waals surface area contributed by atoms with Gasteiger partial charge in [-0.3, -0.25) is 14.2 Å². The second kappa shape index (κ2) is 9.32. The normalized spacial score (nSPS) is 12.4. The third-order valence-corrected chi connectivity index (χ3v) is 7.18. The predicted octanol–water partition coefficient (Wildman–Crippen LogP) is 4.26. The summed E-state index contributed by atoms with van der Waals surface area (Å²) in [5.74, 6) is -0.255. The van der Waals surface area contributed by atoms with Crippen molar-refractivity contribution in [3.05, 3.63) is 74.4 Å². The number of aromatic nitrogens is 2. The molecular formula is C22H21ClN4O2S2. The van der Waals surface area contributed by atoms with Gasteiger partial charge in [0.1, 0.15) is 11.4 Å². The zero-order valence-corrected chi connectivity index (χ0v) is 19.4. The number of thiophene rings is 2. The molecule has 1 N–H and O–H groups in total. The number of likely N-dealkylation sites (N-methyl/N-ethyl adjacent to an activating group) is 1. The minimum Gasteiger partial charge on any atom is -0.353 e. The molecule has 160 valence electrons. The number of nitrogens with zero attached hydrogens (tertiary/aromatic N) is 3. The number of carbonyl (C=O) groups excluding carboxylic acids is 1. The first kappa shape index (κ1) is 21.7. The third kappa shape index (κ3) is 4.57. The standard InChI is InChI=1S/C22H21ClN4O2S2/c1-26(2)17(14-6-3-4-7-16(14)23)10-24-19(28)11-27-13-25-21-20(22(27)29)15(12-31-21)18-8-5-9-30-18/h3-9,12-13,17H,10-11H2,1-2H3,(H,24,28)/t17-/m1/s1. The van der Waals surface area contributed by atoms with Gasteiger partial charge in [-0.2, -0.15) is 0 Å². The highest BCUT2D eigenvalue weighted by atomic mass is 35.5. The van der Waals surface area contributed by atoms with Crippen molar-refractivity contribution in [3.63, 3.8) is 0 Å². The van der Waals surface area contributed by atoms with E-state index in [-0.39, 0.29) is 24.1 Å². The number of halogens is 1. The van der Waals surface area contributed by atoms with E-state index in [0.717, 1.165) is 16.0 Å². The Balaban J connectivity index is 1.52. The zero-order chi connectivity index (χ0) is 22.0. The molecule has 0 saturated carbocycles. The lowest BCUT2D eigenvalue weighted by molar-refractivity contribution is -0.121. The number of amides is 1. The zero-order valence-electron chi connectivity index (χ0n) is 17.0. The molecule has 1 aromatic carbocycles. The summed E-state index contributed by atoms with van der Waals surface area (Å²) in [5.41, 5.74) is 1.60. The summed E-state index contributed by atoms with van der Waals surface area (Å²) < 4.78 is 1.36. The first-order chi connectivity index (χ1) is 15.0.